The van der Waals surface area contributed by atoms with Crippen molar-refractivity contribution < 1.29 is 19.3 Å². The van der Waals surface area contributed by atoms with Crippen molar-refractivity contribution >= 4 is 0 Å². The van der Waals surface area contributed by atoms with Gasteiger partial charge in [0, 0.05) is 6.61 Å². The molecule has 2 aliphatic rings. The van der Waals surface area contributed by atoms with Crippen LogP contribution >= 0.6 is 0 Å². The average Bonchev–Trinajstić information content (AvgIpc) is 3.06. The lowest BCUT2D eigenvalue weighted by molar-refractivity contribution is 0.0502. The molecule has 0 amide bonds. The number of aliphatic hydroxyl groups is 1. The maximum Gasteiger partial charge on any atom is 0.231 e. The molecule has 3 rings (SSSR count). The van der Waals surface area contributed by atoms with Crippen molar-refractivity contribution in [2.45, 2.75) is 12.5 Å². The van der Waals surface area contributed by atoms with Crippen LogP contribution in [0.5, 0.6) is 11.5 Å². The molecule has 0 saturated carbocycles. The van der Waals surface area contributed by atoms with Gasteiger partial charge >= 0.3 is 0 Å². The minimum absolute atomic E-state index is 0.196. The zero-order valence-corrected chi connectivity index (χ0v) is 9.76. The molecule has 2 heterocycles. The zero-order valence-electron chi connectivity index (χ0n) is 9.76. The number of fused-ring (bicyclic) bond motifs is 1. The first-order valence-corrected chi connectivity index (χ1v) is 5.82. The van der Waals surface area contributed by atoms with Crippen molar-refractivity contribution in [1.29, 1.82) is 5.26 Å². The van der Waals surface area contributed by atoms with Crippen LogP contribution in [0.25, 0.3) is 0 Å². The molecule has 18 heavy (non-hydrogen) atoms. The summed E-state index contributed by atoms with van der Waals surface area (Å²) in [6.07, 6.45) is -0.335. The molecule has 1 aromatic carbocycles. The highest BCUT2D eigenvalue weighted by molar-refractivity contribution is 5.45. The monoisotopic (exact) mass is 247 g/mol. The number of benzene rings is 1. The molecule has 0 aliphatic carbocycles. The van der Waals surface area contributed by atoms with Crippen LogP contribution in [-0.4, -0.2) is 25.1 Å². The zero-order chi connectivity index (χ0) is 12.6. The van der Waals surface area contributed by atoms with E-state index in [1.165, 1.54) is 0 Å². The van der Waals surface area contributed by atoms with E-state index in [2.05, 4.69) is 6.07 Å². The van der Waals surface area contributed by atoms with Crippen molar-refractivity contribution in [3.05, 3.63) is 23.8 Å². The van der Waals surface area contributed by atoms with Gasteiger partial charge in [-0.2, -0.15) is 5.26 Å². The molecule has 1 aromatic rings. The lowest BCUT2D eigenvalue weighted by Crippen LogP contribution is -2.27. The van der Waals surface area contributed by atoms with Crippen LogP contribution in [0.4, 0.5) is 0 Å². The van der Waals surface area contributed by atoms with E-state index >= 15 is 0 Å². The SMILES string of the molecule is N#CC1(C(O)c2ccc3c(c2)OCO3)CCOC1. The summed E-state index contributed by atoms with van der Waals surface area (Å²) in [6, 6.07) is 7.43. The highest BCUT2D eigenvalue weighted by atomic mass is 16.7. The van der Waals surface area contributed by atoms with Crippen molar-refractivity contribution in [1.82, 2.24) is 0 Å². The Morgan fingerprint density at radius 2 is 2.17 bits per heavy atom. The van der Waals surface area contributed by atoms with Gasteiger partial charge in [0.1, 0.15) is 11.5 Å². The van der Waals surface area contributed by atoms with Gasteiger partial charge in [0.25, 0.3) is 0 Å². The standard InChI is InChI=1S/C13H13NO4/c14-6-13(3-4-16-7-13)12(15)9-1-2-10-11(5-9)18-8-17-10/h1-2,5,12,15H,3-4,7-8H2. The first-order chi connectivity index (χ1) is 8.75. The van der Waals surface area contributed by atoms with E-state index in [0.29, 0.717) is 30.1 Å². The molecule has 5 nitrogen and oxygen atoms in total. The van der Waals surface area contributed by atoms with Crippen molar-refractivity contribution in [2.24, 2.45) is 5.41 Å². The van der Waals surface area contributed by atoms with Crippen LogP contribution in [-0.2, 0) is 4.74 Å². The van der Waals surface area contributed by atoms with Gasteiger partial charge in [-0.15, -0.1) is 0 Å². The molecular weight excluding hydrogens is 234 g/mol. The first kappa shape index (κ1) is 11.3. The molecule has 2 atom stereocenters. The second-order valence-electron chi connectivity index (χ2n) is 4.59. The van der Waals surface area contributed by atoms with Crippen LogP contribution in [0.2, 0.25) is 0 Å². The van der Waals surface area contributed by atoms with Crippen molar-refractivity contribution in [3.8, 4) is 17.6 Å². The van der Waals surface area contributed by atoms with Gasteiger partial charge in [-0.1, -0.05) is 6.07 Å². The molecular formula is C13H13NO4. The summed E-state index contributed by atoms with van der Waals surface area (Å²) in [5.41, 5.74) is -0.195. The fourth-order valence-electron chi connectivity index (χ4n) is 2.35. The second kappa shape index (κ2) is 4.16. The van der Waals surface area contributed by atoms with Gasteiger partial charge in [0.2, 0.25) is 6.79 Å². The molecule has 1 saturated heterocycles. The Bertz CT molecular complexity index is 502. The van der Waals surface area contributed by atoms with Gasteiger partial charge < -0.3 is 19.3 Å². The number of aliphatic hydroxyl groups excluding tert-OH is 1. The molecule has 94 valence electrons. The summed E-state index contributed by atoms with van der Waals surface area (Å²) in [4.78, 5) is 0. The Morgan fingerprint density at radius 3 is 2.89 bits per heavy atom. The molecule has 0 radical (unpaired) electrons. The van der Waals surface area contributed by atoms with E-state index in [-0.39, 0.29) is 13.4 Å². The Hall–Kier alpha value is -1.77. The molecule has 1 N–H and O–H groups in total. The normalized spacial score (nSPS) is 26.9. The van der Waals surface area contributed by atoms with Gasteiger partial charge in [0.05, 0.1) is 12.7 Å². The van der Waals surface area contributed by atoms with Crippen molar-refractivity contribution in [2.75, 3.05) is 20.0 Å². The van der Waals surface area contributed by atoms with E-state index < -0.39 is 11.5 Å². The molecule has 0 spiro atoms. The van der Waals surface area contributed by atoms with E-state index in [4.69, 9.17) is 14.2 Å². The fourth-order valence-corrected chi connectivity index (χ4v) is 2.35. The number of nitrogens with zero attached hydrogens (tertiary/aromatic N) is 1. The summed E-state index contributed by atoms with van der Waals surface area (Å²) in [5, 5.41) is 19.7. The predicted molar refractivity (Wildman–Crippen MR) is 61.0 cm³/mol. The smallest absolute Gasteiger partial charge is 0.231 e. The summed E-state index contributed by atoms with van der Waals surface area (Å²) >= 11 is 0. The molecule has 5 heteroatoms. The molecule has 2 unspecified atom stereocenters. The molecule has 0 bridgehead atoms. The minimum atomic E-state index is -0.875. The molecule has 1 fully saturated rings. The number of ether oxygens (including phenoxy) is 3. The van der Waals surface area contributed by atoms with Crippen LogP contribution in [0.1, 0.15) is 18.1 Å². The van der Waals surface area contributed by atoms with Crippen LogP contribution in [0.15, 0.2) is 18.2 Å². The largest absolute Gasteiger partial charge is 0.454 e. The van der Waals surface area contributed by atoms with Crippen LogP contribution in [0.3, 0.4) is 0 Å². The summed E-state index contributed by atoms with van der Waals surface area (Å²) in [5.74, 6) is 1.28. The number of hydrogen-bond donors (Lipinski definition) is 1. The third-order valence-electron chi connectivity index (χ3n) is 3.51. The Labute approximate surface area is 105 Å². The summed E-state index contributed by atoms with van der Waals surface area (Å²) < 4.78 is 15.7. The van der Waals surface area contributed by atoms with Crippen LogP contribution < -0.4 is 9.47 Å². The van der Waals surface area contributed by atoms with E-state index in [1.54, 1.807) is 18.2 Å². The quantitative estimate of drug-likeness (QED) is 0.854. The molecule has 2 aliphatic heterocycles. The van der Waals surface area contributed by atoms with Crippen molar-refractivity contribution in [3.63, 3.8) is 0 Å². The lowest BCUT2D eigenvalue weighted by atomic mass is 9.79. The second-order valence-corrected chi connectivity index (χ2v) is 4.59. The topological polar surface area (TPSA) is 71.7 Å². The fraction of sp³-hybridized carbons (Fsp3) is 0.462. The Morgan fingerprint density at radius 1 is 1.33 bits per heavy atom. The van der Waals surface area contributed by atoms with Gasteiger partial charge in [-0.25, -0.2) is 0 Å². The number of rotatable bonds is 2. The van der Waals surface area contributed by atoms with E-state index in [9.17, 15) is 10.4 Å². The van der Waals surface area contributed by atoms with E-state index in [1.807, 2.05) is 0 Å². The maximum atomic E-state index is 10.4. The van der Waals surface area contributed by atoms with Gasteiger partial charge in [-0.3, -0.25) is 0 Å². The highest BCUT2D eigenvalue weighted by Crippen LogP contribution is 2.43. The number of hydrogen-bond acceptors (Lipinski definition) is 5. The van der Waals surface area contributed by atoms with Crippen LogP contribution in [0, 0.1) is 16.7 Å². The summed E-state index contributed by atoms with van der Waals surface area (Å²) in [7, 11) is 0. The third-order valence-corrected chi connectivity index (χ3v) is 3.51. The van der Waals surface area contributed by atoms with E-state index in [0.717, 1.165) is 0 Å². The highest BCUT2D eigenvalue weighted by Gasteiger charge is 2.43. The summed E-state index contributed by atoms with van der Waals surface area (Å²) in [6.45, 7) is 0.968. The number of nitriles is 1. The minimum Gasteiger partial charge on any atom is -0.454 e. The lowest BCUT2D eigenvalue weighted by Gasteiger charge is -2.25. The Balaban J connectivity index is 1.92. The first-order valence-electron chi connectivity index (χ1n) is 5.82. The maximum absolute atomic E-state index is 10.4. The Kier molecular flexibility index (Phi) is 2.62. The predicted octanol–water partition coefficient (Wildman–Crippen LogP) is 1.38. The third kappa shape index (κ3) is 1.62. The molecule has 0 aromatic heterocycles. The average molecular weight is 247 g/mol. The van der Waals surface area contributed by atoms with Gasteiger partial charge in [-0.05, 0) is 24.1 Å². The van der Waals surface area contributed by atoms with Gasteiger partial charge in [0.15, 0.2) is 11.5 Å².